The van der Waals surface area contributed by atoms with E-state index in [1.54, 1.807) is 0 Å². The lowest BCUT2D eigenvalue weighted by Crippen LogP contribution is -2.13. The van der Waals surface area contributed by atoms with Gasteiger partial charge in [-0.3, -0.25) is 19.9 Å². The average molecular weight is 347 g/mol. The molecule has 0 saturated heterocycles. The van der Waals surface area contributed by atoms with Crippen LogP contribution in [-0.2, 0) is 0 Å². The molecule has 0 fully saturated rings. The zero-order valence-corrected chi connectivity index (χ0v) is 12.0. The van der Waals surface area contributed by atoms with E-state index in [1.165, 1.54) is 30.6 Å². The largest absolute Gasteiger partial charge is 0.316 e. The molecule has 1 aromatic heterocycles. The Bertz CT molecular complexity index is 770. The van der Waals surface area contributed by atoms with Gasteiger partial charge in [-0.25, -0.2) is 0 Å². The van der Waals surface area contributed by atoms with Gasteiger partial charge in [0.1, 0.15) is 5.69 Å². The van der Waals surface area contributed by atoms with Crippen molar-refractivity contribution >= 4 is 33.2 Å². The lowest BCUT2D eigenvalue weighted by molar-refractivity contribution is -0.383. The number of carbonyl (C=O) groups excluding carboxylic acids is 1. The van der Waals surface area contributed by atoms with Crippen molar-refractivity contribution in [2.75, 3.05) is 5.32 Å². The number of hydrogen-bond acceptors (Lipinski definition) is 5. The summed E-state index contributed by atoms with van der Waals surface area (Å²) < 4.78 is 0.615. The van der Waals surface area contributed by atoms with E-state index in [2.05, 4.69) is 26.2 Å². The fourth-order valence-corrected chi connectivity index (χ4v) is 1.95. The summed E-state index contributed by atoms with van der Waals surface area (Å²) in [4.78, 5) is 26.2. The lowest BCUT2D eigenvalue weighted by Gasteiger charge is -2.06. The van der Waals surface area contributed by atoms with E-state index in [9.17, 15) is 14.9 Å². The second-order valence-corrected chi connectivity index (χ2v) is 4.86. The van der Waals surface area contributed by atoms with E-state index in [4.69, 9.17) is 5.26 Å². The monoisotopic (exact) mass is 346 g/mol. The summed E-state index contributed by atoms with van der Waals surface area (Å²) in [6.45, 7) is 0. The van der Waals surface area contributed by atoms with E-state index >= 15 is 0 Å². The van der Waals surface area contributed by atoms with Crippen molar-refractivity contribution in [1.29, 1.82) is 5.26 Å². The first-order chi connectivity index (χ1) is 10.0. The Labute approximate surface area is 127 Å². The summed E-state index contributed by atoms with van der Waals surface area (Å²) in [5, 5.41) is 22.2. The topological polar surface area (TPSA) is 109 Å². The van der Waals surface area contributed by atoms with Crippen LogP contribution in [0.4, 0.5) is 11.4 Å². The minimum absolute atomic E-state index is 0.0176. The molecule has 1 aromatic carbocycles. The lowest BCUT2D eigenvalue weighted by atomic mass is 10.1. The predicted octanol–water partition coefficient (Wildman–Crippen LogP) is 2.88. The second kappa shape index (κ2) is 6.11. The summed E-state index contributed by atoms with van der Waals surface area (Å²) in [7, 11) is 0. The molecule has 0 bridgehead atoms. The molecule has 1 amide bonds. The molecule has 0 atom stereocenters. The van der Waals surface area contributed by atoms with Crippen LogP contribution in [0.5, 0.6) is 0 Å². The molecule has 2 rings (SSSR count). The molecule has 7 nitrogen and oxygen atoms in total. The number of nitriles is 1. The third kappa shape index (κ3) is 3.40. The zero-order valence-electron chi connectivity index (χ0n) is 10.4. The van der Waals surface area contributed by atoms with E-state index in [0.29, 0.717) is 4.47 Å². The Hall–Kier alpha value is -2.79. The van der Waals surface area contributed by atoms with Crippen LogP contribution in [0.2, 0.25) is 0 Å². The number of hydrogen-bond donors (Lipinski definition) is 1. The first-order valence-electron chi connectivity index (χ1n) is 5.61. The van der Waals surface area contributed by atoms with Gasteiger partial charge in [0, 0.05) is 22.9 Å². The molecule has 0 saturated carbocycles. The Balaban J connectivity index is 2.33. The molecule has 0 aliphatic heterocycles. The van der Waals surface area contributed by atoms with Crippen LogP contribution in [0.3, 0.4) is 0 Å². The van der Waals surface area contributed by atoms with Crippen LogP contribution in [-0.4, -0.2) is 15.8 Å². The van der Waals surface area contributed by atoms with Crippen molar-refractivity contribution in [3.8, 4) is 6.07 Å². The number of nitrogens with zero attached hydrogens (tertiary/aromatic N) is 3. The van der Waals surface area contributed by atoms with Crippen molar-refractivity contribution in [3.05, 3.63) is 62.4 Å². The smallest absolute Gasteiger partial charge is 0.294 e. The van der Waals surface area contributed by atoms with Gasteiger partial charge in [-0.15, -0.1) is 0 Å². The normalized spacial score (nSPS) is 9.71. The highest BCUT2D eigenvalue weighted by Gasteiger charge is 2.17. The number of benzene rings is 1. The molecule has 0 radical (unpaired) electrons. The number of carbonyl (C=O) groups is 1. The second-order valence-electron chi connectivity index (χ2n) is 3.95. The summed E-state index contributed by atoms with van der Waals surface area (Å²) in [5.41, 5.74) is 0.0705. The molecule has 1 heterocycles. The van der Waals surface area contributed by atoms with Crippen LogP contribution in [0.15, 0.2) is 41.1 Å². The summed E-state index contributed by atoms with van der Waals surface area (Å²) in [6.07, 6.45) is 2.86. The number of nitro benzene ring substituents is 1. The van der Waals surface area contributed by atoms with Gasteiger partial charge in [0.05, 0.1) is 22.1 Å². The molecule has 0 spiro atoms. The highest BCUT2D eigenvalue weighted by molar-refractivity contribution is 9.10. The molecule has 1 N–H and O–H groups in total. The fourth-order valence-electron chi connectivity index (χ4n) is 1.59. The number of nitro groups is 1. The standard InChI is InChI=1S/C13H7BrN4O3/c14-10-4-9(6-16-7-10)13(19)17-11-2-1-8(5-15)3-12(11)18(20)21/h1-4,6-7H,(H,17,19). The molecule has 2 aromatic rings. The minimum atomic E-state index is -0.657. The Morgan fingerprint density at radius 3 is 2.76 bits per heavy atom. The number of halogens is 1. The van der Waals surface area contributed by atoms with Gasteiger partial charge in [-0.1, -0.05) is 0 Å². The van der Waals surface area contributed by atoms with E-state index in [1.807, 2.05) is 6.07 Å². The highest BCUT2D eigenvalue weighted by Crippen LogP contribution is 2.26. The Morgan fingerprint density at radius 2 is 2.14 bits per heavy atom. The van der Waals surface area contributed by atoms with Gasteiger partial charge in [0.15, 0.2) is 0 Å². The maximum atomic E-state index is 12.0. The van der Waals surface area contributed by atoms with Crippen molar-refractivity contribution in [2.45, 2.75) is 0 Å². The first kappa shape index (κ1) is 14.6. The van der Waals surface area contributed by atoms with E-state index < -0.39 is 10.8 Å². The van der Waals surface area contributed by atoms with Crippen LogP contribution in [0.25, 0.3) is 0 Å². The van der Waals surface area contributed by atoms with Crippen molar-refractivity contribution < 1.29 is 9.72 Å². The third-order valence-corrected chi connectivity index (χ3v) is 2.97. The van der Waals surface area contributed by atoms with Gasteiger partial charge in [0.25, 0.3) is 11.6 Å². The van der Waals surface area contributed by atoms with Gasteiger partial charge in [-0.05, 0) is 34.1 Å². The van der Waals surface area contributed by atoms with Crippen molar-refractivity contribution in [1.82, 2.24) is 4.98 Å². The van der Waals surface area contributed by atoms with Crippen molar-refractivity contribution in [3.63, 3.8) is 0 Å². The molecular formula is C13H7BrN4O3. The summed E-state index contributed by atoms with van der Waals surface area (Å²) >= 11 is 3.19. The highest BCUT2D eigenvalue weighted by atomic mass is 79.9. The molecule has 8 heteroatoms. The number of nitrogens with one attached hydrogen (secondary N) is 1. The van der Waals surface area contributed by atoms with Gasteiger partial charge < -0.3 is 5.32 Å². The minimum Gasteiger partial charge on any atom is -0.316 e. The van der Waals surface area contributed by atoms with Crippen LogP contribution < -0.4 is 5.32 Å². The molecule has 21 heavy (non-hydrogen) atoms. The molecule has 0 aliphatic carbocycles. The molecule has 0 aliphatic rings. The van der Waals surface area contributed by atoms with Crippen LogP contribution in [0.1, 0.15) is 15.9 Å². The van der Waals surface area contributed by atoms with E-state index in [0.717, 1.165) is 6.07 Å². The Kier molecular flexibility index (Phi) is 4.25. The average Bonchev–Trinajstić information content (AvgIpc) is 2.47. The number of aromatic nitrogens is 1. The zero-order chi connectivity index (χ0) is 15.4. The maximum absolute atomic E-state index is 12.0. The molecular weight excluding hydrogens is 340 g/mol. The number of pyridine rings is 1. The predicted molar refractivity (Wildman–Crippen MR) is 77.7 cm³/mol. The molecule has 104 valence electrons. The number of anilines is 1. The SMILES string of the molecule is N#Cc1ccc(NC(=O)c2cncc(Br)c2)c([N+](=O)[O-])c1. The fraction of sp³-hybridized carbons (Fsp3) is 0. The molecule has 0 unspecified atom stereocenters. The van der Waals surface area contributed by atoms with E-state index in [-0.39, 0.29) is 22.5 Å². The Morgan fingerprint density at radius 1 is 1.38 bits per heavy atom. The van der Waals surface area contributed by atoms with Gasteiger partial charge in [-0.2, -0.15) is 5.26 Å². The number of amides is 1. The van der Waals surface area contributed by atoms with Gasteiger partial charge >= 0.3 is 0 Å². The van der Waals surface area contributed by atoms with Crippen molar-refractivity contribution in [2.24, 2.45) is 0 Å². The number of rotatable bonds is 3. The summed E-state index contributed by atoms with van der Waals surface area (Å²) in [6, 6.07) is 7.16. The quantitative estimate of drug-likeness (QED) is 0.678. The third-order valence-electron chi connectivity index (χ3n) is 2.54. The van der Waals surface area contributed by atoms with Crippen LogP contribution in [0, 0.1) is 21.4 Å². The summed E-state index contributed by atoms with van der Waals surface area (Å²) in [5.74, 6) is -0.531. The van der Waals surface area contributed by atoms with Gasteiger partial charge in [0.2, 0.25) is 0 Å². The maximum Gasteiger partial charge on any atom is 0.294 e. The van der Waals surface area contributed by atoms with Crippen LogP contribution >= 0.6 is 15.9 Å². The first-order valence-corrected chi connectivity index (χ1v) is 6.41.